The minimum Gasteiger partial charge on any atom is -0.361 e. The molecule has 0 saturated heterocycles. The molecule has 0 N–H and O–H groups in total. The monoisotopic (exact) mass is 278 g/mol. The molecule has 0 atom stereocenters. The molecule has 0 saturated carbocycles. The van der Waals surface area contributed by atoms with Crippen molar-refractivity contribution >= 4 is 0 Å². The summed E-state index contributed by atoms with van der Waals surface area (Å²) in [7, 11) is 0. The second kappa shape index (κ2) is 9.28. The molecule has 5 heteroatoms. The average molecular weight is 278 g/mol. The molecular weight excluding hydrogens is 252 g/mol. The zero-order chi connectivity index (χ0) is 14.8. The van der Waals surface area contributed by atoms with Gasteiger partial charge >= 0.3 is 0 Å². The van der Waals surface area contributed by atoms with E-state index in [1.54, 1.807) is 0 Å². The van der Waals surface area contributed by atoms with E-state index in [0.717, 1.165) is 55.8 Å². The normalized spacial score (nSPS) is 10.2. The Morgan fingerprint density at radius 1 is 1.05 bits per heavy atom. The van der Waals surface area contributed by atoms with Crippen LogP contribution in [0.2, 0.25) is 0 Å². The maximum absolute atomic E-state index is 5.02. The fraction of sp³-hybridized carbons (Fsp3) is 0.667. The first kappa shape index (κ1) is 16.4. The summed E-state index contributed by atoms with van der Waals surface area (Å²) in [4.78, 5) is 0. The van der Waals surface area contributed by atoms with Crippen LogP contribution in [0.4, 0.5) is 0 Å². The van der Waals surface area contributed by atoms with Crippen molar-refractivity contribution in [2.24, 2.45) is 0 Å². The van der Waals surface area contributed by atoms with Crippen LogP contribution in [0, 0.1) is 0 Å². The second-order valence-electron chi connectivity index (χ2n) is 4.71. The van der Waals surface area contributed by atoms with Gasteiger partial charge in [-0.1, -0.05) is 44.5 Å². The van der Waals surface area contributed by atoms with Crippen molar-refractivity contribution in [1.29, 1.82) is 0 Å². The third-order valence-electron chi connectivity index (χ3n) is 2.86. The first-order valence-corrected chi connectivity index (χ1v) is 7.56. The lowest BCUT2D eigenvalue weighted by atomic mass is 10.2. The summed E-state index contributed by atoms with van der Waals surface area (Å²) < 4.78 is 6.90. The second-order valence-corrected chi connectivity index (χ2v) is 4.71. The fourth-order valence-corrected chi connectivity index (χ4v) is 1.74. The zero-order valence-electron chi connectivity index (χ0n) is 13.1. The van der Waals surface area contributed by atoms with E-state index in [-0.39, 0.29) is 0 Å². The Bertz CT molecular complexity index is 431. The van der Waals surface area contributed by atoms with Gasteiger partial charge in [-0.3, -0.25) is 4.68 Å². The van der Waals surface area contributed by atoms with Crippen molar-refractivity contribution in [3.8, 4) is 0 Å². The molecule has 112 valence electrons. The van der Waals surface area contributed by atoms with Gasteiger partial charge in [-0.2, -0.15) is 0 Å². The highest BCUT2D eigenvalue weighted by Crippen LogP contribution is 2.05. The molecule has 0 amide bonds. The van der Waals surface area contributed by atoms with Crippen LogP contribution in [0.15, 0.2) is 16.8 Å². The predicted molar refractivity (Wildman–Crippen MR) is 79.6 cm³/mol. The Morgan fingerprint density at radius 3 is 2.35 bits per heavy atom. The minimum absolute atomic E-state index is 0.941. The largest absolute Gasteiger partial charge is 0.361 e. The van der Waals surface area contributed by atoms with Crippen molar-refractivity contribution < 1.29 is 4.52 Å². The SMILES string of the molecule is CCCc1cc(CC)on1.CCCn1cc(CC)nn1. The molecule has 2 aromatic heterocycles. The maximum atomic E-state index is 5.02. The van der Waals surface area contributed by atoms with Gasteiger partial charge in [0.1, 0.15) is 5.76 Å². The lowest BCUT2D eigenvalue weighted by Crippen LogP contribution is -1.96. The number of hydrogen-bond acceptors (Lipinski definition) is 4. The van der Waals surface area contributed by atoms with Gasteiger partial charge < -0.3 is 4.52 Å². The van der Waals surface area contributed by atoms with Gasteiger partial charge in [-0.15, -0.1) is 5.10 Å². The summed E-state index contributed by atoms with van der Waals surface area (Å²) in [5, 5.41) is 11.8. The van der Waals surface area contributed by atoms with Crippen LogP contribution in [-0.4, -0.2) is 20.2 Å². The molecule has 2 heterocycles. The van der Waals surface area contributed by atoms with Crippen molar-refractivity contribution in [1.82, 2.24) is 20.2 Å². The third kappa shape index (κ3) is 5.55. The van der Waals surface area contributed by atoms with Gasteiger partial charge in [0, 0.05) is 25.2 Å². The van der Waals surface area contributed by atoms with E-state index in [1.807, 2.05) is 16.9 Å². The van der Waals surface area contributed by atoms with E-state index in [1.165, 1.54) is 0 Å². The van der Waals surface area contributed by atoms with Crippen LogP contribution < -0.4 is 0 Å². The molecule has 0 aliphatic rings. The topological polar surface area (TPSA) is 56.7 Å². The Morgan fingerprint density at radius 2 is 1.85 bits per heavy atom. The van der Waals surface area contributed by atoms with Gasteiger partial charge in [0.2, 0.25) is 0 Å². The van der Waals surface area contributed by atoms with Crippen LogP contribution in [0.5, 0.6) is 0 Å². The standard InChI is InChI=1S/C8H13NO.C7H13N3/c1-3-5-7-6-8(4-2)10-9-7;1-3-5-10-6-7(4-2)8-9-10/h2*6H,3-5H2,1-2H3. The Balaban J connectivity index is 0.000000200. The van der Waals surface area contributed by atoms with E-state index in [9.17, 15) is 0 Å². The first-order chi connectivity index (χ1) is 9.73. The van der Waals surface area contributed by atoms with E-state index >= 15 is 0 Å². The van der Waals surface area contributed by atoms with E-state index in [0.29, 0.717) is 0 Å². The van der Waals surface area contributed by atoms with Crippen LogP contribution >= 0.6 is 0 Å². The summed E-state index contributed by atoms with van der Waals surface area (Å²) in [6.45, 7) is 9.40. The molecule has 0 radical (unpaired) electrons. The first-order valence-electron chi connectivity index (χ1n) is 7.56. The van der Waals surface area contributed by atoms with Gasteiger partial charge in [-0.05, 0) is 19.3 Å². The molecular formula is C15H26N4O. The van der Waals surface area contributed by atoms with Gasteiger partial charge in [0.05, 0.1) is 11.4 Å². The molecule has 0 aliphatic heterocycles. The Labute approximate surface area is 121 Å². The molecule has 0 bridgehead atoms. The predicted octanol–water partition coefficient (Wildman–Crippen LogP) is 3.44. The van der Waals surface area contributed by atoms with E-state index in [2.05, 4.69) is 43.2 Å². The summed E-state index contributed by atoms with van der Waals surface area (Å²) in [5.41, 5.74) is 2.16. The molecule has 0 aromatic carbocycles. The third-order valence-corrected chi connectivity index (χ3v) is 2.86. The zero-order valence-corrected chi connectivity index (χ0v) is 13.1. The van der Waals surface area contributed by atoms with E-state index in [4.69, 9.17) is 4.52 Å². The number of nitrogens with zero attached hydrogens (tertiary/aromatic N) is 4. The van der Waals surface area contributed by atoms with Gasteiger partial charge in [0.25, 0.3) is 0 Å². The molecule has 20 heavy (non-hydrogen) atoms. The number of rotatable bonds is 6. The Hall–Kier alpha value is -1.65. The minimum atomic E-state index is 0.941. The van der Waals surface area contributed by atoms with Gasteiger partial charge in [-0.25, -0.2) is 0 Å². The number of hydrogen-bond donors (Lipinski definition) is 0. The molecule has 0 aliphatic carbocycles. The summed E-state index contributed by atoms with van der Waals surface area (Å²) >= 11 is 0. The average Bonchev–Trinajstić information content (AvgIpc) is 3.09. The summed E-state index contributed by atoms with van der Waals surface area (Å²) in [6, 6.07) is 2.03. The smallest absolute Gasteiger partial charge is 0.136 e. The molecule has 5 nitrogen and oxygen atoms in total. The molecule has 2 aromatic rings. The number of aromatic nitrogens is 4. The quantitative estimate of drug-likeness (QED) is 0.812. The summed E-state index contributed by atoms with van der Waals surface area (Å²) in [5.74, 6) is 0.989. The molecule has 2 rings (SSSR count). The van der Waals surface area contributed by atoms with Crippen molar-refractivity contribution in [3.05, 3.63) is 29.4 Å². The lowest BCUT2D eigenvalue weighted by molar-refractivity contribution is 0.380. The van der Waals surface area contributed by atoms with Crippen molar-refractivity contribution in [2.75, 3.05) is 0 Å². The summed E-state index contributed by atoms with van der Waals surface area (Å²) in [6.07, 6.45) is 7.20. The Kier molecular flexibility index (Phi) is 7.62. The highest BCUT2D eigenvalue weighted by atomic mass is 16.5. The van der Waals surface area contributed by atoms with Crippen molar-refractivity contribution in [2.45, 2.75) is 66.3 Å². The molecule has 0 fully saturated rings. The highest BCUT2D eigenvalue weighted by Gasteiger charge is 1.99. The maximum Gasteiger partial charge on any atom is 0.136 e. The van der Waals surface area contributed by atoms with Crippen LogP contribution in [-0.2, 0) is 25.8 Å². The lowest BCUT2D eigenvalue weighted by Gasteiger charge is -1.91. The van der Waals surface area contributed by atoms with Crippen LogP contribution in [0.3, 0.4) is 0 Å². The fourth-order valence-electron chi connectivity index (χ4n) is 1.74. The van der Waals surface area contributed by atoms with E-state index < -0.39 is 0 Å². The van der Waals surface area contributed by atoms with Crippen LogP contribution in [0.1, 0.15) is 57.7 Å². The number of aryl methyl sites for hydroxylation is 4. The van der Waals surface area contributed by atoms with Gasteiger partial charge in [0.15, 0.2) is 0 Å². The molecule has 0 unspecified atom stereocenters. The highest BCUT2D eigenvalue weighted by molar-refractivity contribution is 5.04. The van der Waals surface area contributed by atoms with Crippen LogP contribution in [0.25, 0.3) is 0 Å². The molecule has 0 spiro atoms. The van der Waals surface area contributed by atoms with Crippen molar-refractivity contribution in [3.63, 3.8) is 0 Å².